The van der Waals surface area contributed by atoms with Gasteiger partial charge in [0.15, 0.2) is 5.75 Å². The Morgan fingerprint density at radius 2 is 1.79 bits per heavy atom. The molecule has 1 N–H and O–H groups in total. The molecule has 2 aromatic carbocycles. The Morgan fingerprint density at radius 3 is 2.38 bits per heavy atom. The zero-order chi connectivity index (χ0) is 17.2. The monoisotopic (exact) mass is 327 g/mol. The number of carboxylic acids is 1. The van der Waals surface area contributed by atoms with Crippen molar-refractivity contribution in [2.24, 2.45) is 0 Å². The second-order valence-electron chi connectivity index (χ2n) is 5.91. The molecule has 24 heavy (non-hydrogen) atoms. The first-order chi connectivity index (χ1) is 11.5. The second-order valence-corrected chi connectivity index (χ2v) is 5.91. The van der Waals surface area contributed by atoms with Gasteiger partial charge in [-0.3, -0.25) is 10.1 Å². The number of carboxylic acid groups (broad SMARTS) is 1. The lowest BCUT2D eigenvalue weighted by Gasteiger charge is -2.30. The Bertz CT molecular complexity index is 766. The van der Waals surface area contributed by atoms with Crippen molar-refractivity contribution in [2.45, 2.75) is 31.3 Å². The topological polar surface area (TPSA) is 89.7 Å². The third kappa shape index (κ3) is 2.95. The minimum absolute atomic E-state index is 0.00523. The average Bonchev–Trinajstić information content (AvgIpc) is 3.05. The van der Waals surface area contributed by atoms with Crippen LogP contribution < -0.4 is 4.74 Å². The lowest BCUT2D eigenvalue weighted by molar-refractivity contribution is -0.386. The van der Waals surface area contributed by atoms with Crippen LogP contribution in [0.15, 0.2) is 48.5 Å². The van der Waals surface area contributed by atoms with Gasteiger partial charge >= 0.3 is 11.7 Å². The van der Waals surface area contributed by atoms with Gasteiger partial charge in [0.25, 0.3) is 0 Å². The molecule has 1 aliphatic carbocycles. The SMILES string of the molecule is O=C(O)c1ccc([N+](=O)[O-])c(OC2(c3ccccc3)CCCC2)c1. The van der Waals surface area contributed by atoms with Crippen molar-refractivity contribution in [3.05, 3.63) is 69.8 Å². The van der Waals surface area contributed by atoms with Crippen molar-refractivity contribution < 1.29 is 19.6 Å². The van der Waals surface area contributed by atoms with E-state index in [1.54, 1.807) is 0 Å². The molecule has 0 spiro atoms. The van der Waals surface area contributed by atoms with Crippen LogP contribution in [0.3, 0.4) is 0 Å². The van der Waals surface area contributed by atoms with Crippen molar-refractivity contribution in [1.82, 2.24) is 0 Å². The van der Waals surface area contributed by atoms with Crippen LogP contribution in [-0.4, -0.2) is 16.0 Å². The molecule has 0 amide bonds. The summed E-state index contributed by atoms with van der Waals surface area (Å²) in [5.41, 5.74) is 0.0555. The Kier molecular flexibility index (Phi) is 4.20. The molecule has 0 aliphatic heterocycles. The van der Waals surface area contributed by atoms with Gasteiger partial charge in [-0.2, -0.15) is 0 Å². The average molecular weight is 327 g/mol. The van der Waals surface area contributed by atoms with Gasteiger partial charge in [0.1, 0.15) is 5.60 Å². The highest BCUT2D eigenvalue weighted by Gasteiger charge is 2.39. The molecule has 0 aromatic heterocycles. The summed E-state index contributed by atoms with van der Waals surface area (Å²) in [5.74, 6) is -1.14. The van der Waals surface area contributed by atoms with Crippen LogP contribution in [0.4, 0.5) is 5.69 Å². The Hall–Kier alpha value is -2.89. The van der Waals surface area contributed by atoms with Crippen LogP contribution in [0.1, 0.15) is 41.6 Å². The normalized spacial score (nSPS) is 15.8. The molecular weight excluding hydrogens is 310 g/mol. The Balaban J connectivity index is 2.06. The molecule has 6 heteroatoms. The lowest BCUT2D eigenvalue weighted by Crippen LogP contribution is -2.30. The van der Waals surface area contributed by atoms with E-state index in [2.05, 4.69) is 0 Å². The summed E-state index contributed by atoms with van der Waals surface area (Å²) in [4.78, 5) is 21.9. The summed E-state index contributed by atoms with van der Waals surface area (Å²) in [7, 11) is 0. The molecule has 1 aliphatic rings. The van der Waals surface area contributed by atoms with Crippen LogP contribution in [-0.2, 0) is 5.60 Å². The van der Waals surface area contributed by atoms with Crippen molar-refractivity contribution in [2.75, 3.05) is 0 Å². The van der Waals surface area contributed by atoms with E-state index in [-0.39, 0.29) is 17.0 Å². The molecule has 0 atom stereocenters. The van der Waals surface area contributed by atoms with E-state index in [0.717, 1.165) is 31.2 Å². The third-order valence-electron chi connectivity index (χ3n) is 4.42. The summed E-state index contributed by atoms with van der Waals surface area (Å²) >= 11 is 0. The van der Waals surface area contributed by atoms with Gasteiger partial charge in [0.05, 0.1) is 10.5 Å². The summed E-state index contributed by atoms with van der Waals surface area (Å²) in [5, 5.41) is 20.5. The summed E-state index contributed by atoms with van der Waals surface area (Å²) in [6.45, 7) is 0. The third-order valence-corrected chi connectivity index (χ3v) is 4.42. The molecule has 124 valence electrons. The van der Waals surface area contributed by atoms with Crippen LogP contribution in [0.5, 0.6) is 5.75 Å². The van der Waals surface area contributed by atoms with Crippen molar-refractivity contribution in [1.29, 1.82) is 0 Å². The highest BCUT2D eigenvalue weighted by molar-refractivity contribution is 5.88. The Morgan fingerprint density at radius 1 is 1.12 bits per heavy atom. The number of ether oxygens (including phenoxy) is 1. The number of benzene rings is 2. The fraction of sp³-hybridized carbons (Fsp3) is 0.278. The molecule has 3 rings (SSSR count). The summed E-state index contributed by atoms with van der Waals surface area (Å²) in [6.07, 6.45) is 3.40. The predicted octanol–water partition coefficient (Wildman–Crippen LogP) is 4.14. The largest absolute Gasteiger partial charge is 0.478 e. The van der Waals surface area contributed by atoms with Crippen molar-refractivity contribution >= 4 is 11.7 Å². The standard InChI is InChI=1S/C18H17NO5/c20-17(21)13-8-9-15(19(22)23)16(12-13)24-18(10-4-5-11-18)14-6-2-1-3-7-14/h1-3,6-9,12H,4-5,10-11H2,(H,20,21). The highest BCUT2D eigenvalue weighted by atomic mass is 16.6. The zero-order valence-corrected chi connectivity index (χ0v) is 13.0. The molecule has 0 bridgehead atoms. The second kappa shape index (κ2) is 6.31. The van der Waals surface area contributed by atoms with Crippen LogP contribution in [0, 0.1) is 10.1 Å². The van der Waals surface area contributed by atoms with Crippen LogP contribution in [0.25, 0.3) is 0 Å². The lowest BCUT2D eigenvalue weighted by atomic mass is 9.91. The zero-order valence-electron chi connectivity index (χ0n) is 13.0. The molecule has 1 fully saturated rings. The first kappa shape index (κ1) is 16.0. The Labute approximate surface area is 138 Å². The maximum atomic E-state index is 11.3. The maximum absolute atomic E-state index is 11.3. The van der Waals surface area contributed by atoms with E-state index < -0.39 is 16.5 Å². The van der Waals surface area contributed by atoms with Gasteiger partial charge < -0.3 is 9.84 Å². The van der Waals surface area contributed by atoms with E-state index in [0.29, 0.717) is 0 Å². The van der Waals surface area contributed by atoms with E-state index >= 15 is 0 Å². The maximum Gasteiger partial charge on any atom is 0.335 e. The van der Waals surface area contributed by atoms with Gasteiger partial charge in [0, 0.05) is 12.1 Å². The molecule has 1 saturated carbocycles. The van der Waals surface area contributed by atoms with Gasteiger partial charge in [0.2, 0.25) is 0 Å². The van der Waals surface area contributed by atoms with Crippen LogP contribution in [0.2, 0.25) is 0 Å². The fourth-order valence-electron chi connectivity index (χ4n) is 3.23. The highest BCUT2D eigenvalue weighted by Crippen LogP contribution is 2.44. The number of nitrogens with zero attached hydrogens (tertiary/aromatic N) is 1. The number of hydrogen-bond donors (Lipinski definition) is 1. The molecule has 0 unspecified atom stereocenters. The van der Waals surface area contributed by atoms with Crippen molar-refractivity contribution in [3.8, 4) is 5.75 Å². The molecule has 0 heterocycles. The first-order valence-electron chi connectivity index (χ1n) is 7.78. The quantitative estimate of drug-likeness (QED) is 0.658. The van der Waals surface area contributed by atoms with Gasteiger partial charge in [-0.1, -0.05) is 30.3 Å². The van der Waals surface area contributed by atoms with E-state index in [4.69, 9.17) is 9.84 Å². The number of nitro benzene ring substituents is 1. The summed E-state index contributed by atoms with van der Waals surface area (Å²) in [6, 6.07) is 13.2. The first-order valence-corrected chi connectivity index (χ1v) is 7.78. The molecular formula is C18H17NO5. The van der Waals surface area contributed by atoms with Crippen LogP contribution >= 0.6 is 0 Å². The van der Waals surface area contributed by atoms with E-state index in [1.807, 2.05) is 30.3 Å². The predicted molar refractivity (Wildman–Crippen MR) is 87.3 cm³/mol. The number of carbonyl (C=O) groups is 1. The number of rotatable bonds is 5. The minimum Gasteiger partial charge on any atom is -0.478 e. The molecule has 6 nitrogen and oxygen atoms in total. The molecule has 0 radical (unpaired) electrons. The summed E-state index contributed by atoms with van der Waals surface area (Å²) < 4.78 is 6.13. The minimum atomic E-state index is -1.14. The van der Waals surface area contributed by atoms with E-state index in [1.165, 1.54) is 18.2 Å². The number of hydrogen-bond acceptors (Lipinski definition) is 4. The van der Waals surface area contributed by atoms with Crippen molar-refractivity contribution in [3.63, 3.8) is 0 Å². The number of aromatic carboxylic acids is 1. The van der Waals surface area contributed by atoms with Gasteiger partial charge in [-0.25, -0.2) is 4.79 Å². The van der Waals surface area contributed by atoms with E-state index in [9.17, 15) is 14.9 Å². The molecule has 0 saturated heterocycles. The molecule has 2 aromatic rings. The number of nitro groups is 1. The van der Waals surface area contributed by atoms with Gasteiger partial charge in [-0.15, -0.1) is 0 Å². The smallest absolute Gasteiger partial charge is 0.335 e. The van der Waals surface area contributed by atoms with Gasteiger partial charge in [-0.05, 0) is 37.3 Å². The fourth-order valence-corrected chi connectivity index (χ4v) is 3.23.